The molecule has 5 heteroatoms. The summed E-state index contributed by atoms with van der Waals surface area (Å²) >= 11 is 0. The van der Waals surface area contributed by atoms with E-state index in [4.69, 9.17) is 4.74 Å². The lowest BCUT2D eigenvalue weighted by molar-refractivity contribution is -0.116. The van der Waals surface area contributed by atoms with Crippen LogP contribution in [0.2, 0.25) is 0 Å². The van der Waals surface area contributed by atoms with Crippen molar-refractivity contribution >= 4 is 17.4 Å². The topological polar surface area (TPSA) is 67.4 Å². The average Bonchev–Trinajstić information content (AvgIpc) is 2.59. The van der Waals surface area contributed by atoms with Crippen LogP contribution < -0.4 is 15.4 Å². The number of para-hydroxylation sites is 1. The lowest BCUT2D eigenvalue weighted by Gasteiger charge is -2.10. The van der Waals surface area contributed by atoms with Crippen LogP contribution >= 0.6 is 0 Å². The Morgan fingerprint density at radius 1 is 1.08 bits per heavy atom. The van der Waals surface area contributed by atoms with Crippen LogP contribution in [0.4, 0.5) is 5.69 Å². The van der Waals surface area contributed by atoms with Crippen LogP contribution in [0, 0.1) is 0 Å². The van der Waals surface area contributed by atoms with Gasteiger partial charge >= 0.3 is 0 Å². The van der Waals surface area contributed by atoms with E-state index in [1.165, 1.54) is 6.92 Å². The molecule has 2 aromatic rings. The van der Waals surface area contributed by atoms with E-state index < -0.39 is 0 Å². The number of benzene rings is 2. The van der Waals surface area contributed by atoms with Gasteiger partial charge in [0, 0.05) is 36.3 Å². The fourth-order valence-electron chi connectivity index (χ4n) is 2.31. The lowest BCUT2D eigenvalue weighted by atomic mass is 10.1. The number of hydrogen-bond donors (Lipinski definition) is 2. The molecule has 2 aromatic carbocycles. The van der Waals surface area contributed by atoms with Crippen LogP contribution in [0.1, 0.15) is 29.3 Å². The van der Waals surface area contributed by atoms with Crippen molar-refractivity contribution < 1.29 is 14.3 Å². The van der Waals surface area contributed by atoms with Gasteiger partial charge < -0.3 is 15.4 Å². The van der Waals surface area contributed by atoms with E-state index in [2.05, 4.69) is 10.6 Å². The average molecular weight is 326 g/mol. The minimum atomic E-state index is -0.0942. The Bertz CT molecular complexity index is 713. The monoisotopic (exact) mass is 326 g/mol. The molecule has 0 aliphatic rings. The molecule has 0 aliphatic heterocycles. The third-order valence-electron chi connectivity index (χ3n) is 3.59. The molecule has 0 aromatic heterocycles. The minimum absolute atomic E-state index is 0.0235. The van der Waals surface area contributed by atoms with Crippen molar-refractivity contribution in [3.05, 3.63) is 59.7 Å². The number of methoxy groups -OCH3 is 1. The number of amides is 1. The zero-order valence-electron chi connectivity index (χ0n) is 14.0. The van der Waals surface area contributed by atoms with Crippen molar-refractivity contribution in [1.29, 1.82) is 0 Å². The van der Waals surface area contributed by atoms with Crippen LogP contribution in [0.5, 0.6) is 5.75 Å². The standard InChI is InChI=1S/C19H22N2O3/c1-14(22)15-7-5-8-17(12-15)21-19(23)10-11-20-13-16-6-3-4-9-18(16)24-2/h3-9,12,20H,10-11,13H2,1-2H3,(H,21,23). The highest BCUT2D eigenvalue weighted by Gasteiger charge is 2.05. The van der Waals surface area contributed by atoms with Gasteiger partial charge in [-0.2, -0.15) is 0 Å². The highest BCUT2D eigenvalue weighted by Crippen LogP contribution is 2.16. The molecular formula is C19H22N2O3. The molecule has 0 unspecified atom stereocenters. The summed E-state index contributed by atoms with van der Waals surface area (Å²) in [6.45, 7) is 2.69. The molecule has 0 radical (unpaired) electrons. The summed E-state index contributed by atoms with van der Waals surface area (Å²) in [5, 5.41) is 6.03. The van der Waals surface area contributed by atoms with E-state index in [0.717, 1.165) is 11.3 Å². The second-order valence-electron chi connectivity index (χ2n) is 5.42. The van der Waals surface area contributed by atoms with Gasteiger partial charge in [-0.3, -0.25) is 9.59 Å². The summed E-state index contributed by atoms with van der Waals surface area (Å²) in [4.78, 5) is 23.3. The van der Waals surface area contributed by atoms with Gasteiger partial charge in [0.25, 0.3) is 0 Å². The van der Waals surface area contributed by atoms with Gasteiger partial charge in [-0.05, 0) is 25.1 Å². The number of nitrogens with one attached hydrogen (secondary N) is 2. The van der Waals surface area contributed by atoms with Gasteiger partial charge in [0.2, 0.25) is 5.91 Å². The Kier molecular flexibility index (Phi) is 6.51. The number of rotatable bonds is 8. The lowest BCUT2D eigenvalue weighted by Crippen LogP contribution is -2.21. The maximum atomic E-state index is 12.0. The van der Waals surface area contributed by atoms with Gasteiger partial charge in [0.05, 0.1) is 7.11 Å². The molecule has 2 N–H and O–H groups in total. The molecule has 0 heterocycles. The Morgan fingerprint density at radius 3 is 2.62 bits per heavy atom. The Labute approximate surface area is 142 Å². The third kappa shape index (κ3) is 5.21. The molecule has 0 aliphatic carbocycles. The Hall–Kier alpha value is -2.66. The number of ether oxygens (including phenoxy) is 1. The molecule has 0 bridgehead atoms. The smallest absolute Gasteiger partial charge is 0.225 e. The zero-order valence-corrected chi connectivity index (χ0v) is 14.0. The van der Waals surface area contributed by atoms with Gasteiger partial charge in [0.1, 0.15) is 5.75 Å². The molecule has 0 fully saturated rings. The highest BCUT2D eigenvalue weighted by molar-refractivity contribution is 5.97. The van der Waals surface area contributed by atoms with Crippen molar-refractivity contribution in [2.75, 3.05) is 19.0 Å². The Morgan fingerprint density at radius 2 is 1.88 bits per heavy atom. The zero-order chi connectivity index (χ0) is 17.4. The quantitative estimate of drug-likeness (QED) is 0.578. The fraction of sp³-hybridized carbons (Fsp3) is 0.263. The number of anilines is 1. The van der Waals surface area contributed by atoms with Crippen LogP contribution in [0.25, 0.3) is 0 Å². The van der Waals surface area contributed by atoms with Crippen LogP contribution in [0.3, 0.4) is 0 Å². The summed E-state index contributed by atoms with van der Waals surface area (Å²) in [6.07, 6.45) is 0.347. The van der Waals surface area contributed by atoms with Crippen molar-refractivity contribution in [3.63, 3.8) is 0 Å². The molecule has 0 atom stereocenters. The molecule has 1 amide bonds. The maximum absolute atomic E-state index is 12.0. The molecule has 2 rings (SSSR count). The van der Waals surface area contributed by atoms with Crippen molar-refractivity contribution in [3.8, 4) is 5.75 Å². The summed E-state index contributed by atoms with van der Waals surface area (Å²) in [7, 11) is 1.64. The van der Waals surface area contributed by atoms with E-state index in [-0.39, 0.29) is 11.7 Å². The SMILES string of the molecule is COc1ccccc1CNCCC(=O)Nc1cccc(C(C)=O)c1. The summed E-state index contributed by atoms with van der Waals surface area (Å²) < 4.78 is 5.29. The normalized spacial score (nSPS) is 10.2. The third-order valence-corrected chi connectivity index (χ3v) is 3.59. The summed E-state index contributed by atoms with van der Waals surface area (Å²) in [5.74, 6) is 0.711. The van der Waals surface area contributed by atoms with Gasteiger partial charge in [-0.25, -0.2) is 0 Å². The molecule has 126 valence electrons. The van der Waals surface area contributed by atoms with Gasteiger partial charge in [-0.1, -0.05) is 30.3 Å². The number of carbonyl (C=O) groups excluding carboxylic acids is 2. The first kappa shape index (κ1) is 17.7. The first-order chi connectivity index (χ1) is 11.6. The number of Topliss-reactive ketones (excluding diaryl/α,β-unsaturated/α-hetero) is 1. The van der Waals surface area contributed by atoms with E-state index >= 15 is 0 Å². The van der Waals surface area contributed by atoms with Crippen LogP contribution in [-0.4, -0.2) is 25.3 Å². The van der Waals surface area contributed by atoms with E-state index in [1.807, 2.05) is 24.3 Å². The van der Waals surface area contributed by atoms with Crippen LogP contribution in [-0.2, 0) is 11.3 Å². The molecule has 0 spiro atoms. The second-order valence-corrected chi connectivity index (χ2v) is 5.42. The molecule has 5 nitrogen and oxygen atoms in total. The van der Waals surface area contributed by atoms with E-state index in [1.54, 1.807) is 31.4 Å². The van der Waals surface area contributed by atoms with Crippen molar-refractivity contribution in [1.82, 2.24) is 5.32 Å². The maximum Gasteiger partial charge on any atom is 0.225 e. The van der Waals surface area contributed by atoms with Crippen molar-refractivity contribution in [2.24, 2.45) is 0 Å². The molecule has 0 saturated carbocycles. The van der Waals surface area contributed by atoms with Crippen molar-refractivity contribution in [2.45, 2.75) is 19.9 Å². The largest absolute Gasteiger partial charge is 0.496 e. The number of carbonyl (C=O) groups is 2. The number of hydrogen-bond acceptors (Lipinski definition) is 4. The fourth-order valence-corrected chi connectivity index (χ4v) is 2.31. The van der Waals surface area contributed by atoms with Gasteiger partial charge in [-0.15, -0.1) is 0 Å². The van der Waals surface area contributed by atoms with E-state index in [0.29, 0.717) is 30.8 Å². The summed E-state index contributed by atoms with van der Waals surface area (Å²) in [6, 6.07) is 14.7. The van der Waals surface area contributed by atoms with Gasteiger partial charge in [0.15, 0.2) is 5.78 Å². The van der Waals surface area contributed by atoms with Crippen LogP contribution in [0.15, 0.2) is 48.5 Å². The number of ketones is 1. The minimum Gasteiger partial charge on any atom is -0.496 e. The Balaban J connectivity index is 1.77. The van der Waals surface area contributed by atoms with E-state index in [9.17, 15) is 9.59 Å². The predicted octanol–water partition coefficient (Wildman–Crippen LogP) is 3.02. The second kappa shape index (κ2) is 8.84. The first-order valence-corrected chi connectivity index (χ1v) is 7.83. The first-order valence-electron chi connectivity index (χ1n) is 7.83. The molecule has 0 saturated heterocycles. The summed E-state index contributed by atoms with van der Waals surface area (Å²) in [5.41, 5.74) is 2.27. The predicted molar refractivity (Wildman–Crippen MR) is 94.4 cm³/mol. The molecule has 24 heavy (non-hydrogen) atoms. The molecular weight excluding hydrogens is 304 g/mol. The highest BCUT2D eigenvalue weighted by atomic mass is 16.5.